The molecule has 0 fully saturated rings. The van der Waals surface area contributed by atoms with Gasteiger partial charge in [-0.3, -0.25) is 4.79 Å². The number of aromatic hydroxyl groups is 1. The Bertz CT molecular complexity index is 595. The number of rotatable bonds is 5. The molecule has 1 rings (SSSR count). The smallest absolute Gasteiger partial charge is 0.408 e. The van der Waals surface area contributed by atoms with Crippen molar-refractivity contribution >= 4 is 12.0 Å². The summed E-state index contributed by atoms with van der Waals surface area (Å²) in [5, 5.41) is 15.1. The van der Waals surface area contributed by atoms with Crippen LogP contribution in [0.2, 0.25) is 0 Å². The number of carbonyl (C=O) groups is 2. The Hall–Kier alpha value is -2.44. The van der Waals surface area contributed by atoms with E-state index in [1.165, 1.54) is 13.2 Å². The highest BCUT2D eigenvalue weighted by Crippen LogP contribution is 2.28. The quantitative estimate of drug-likeness (QED) is 0.766. The lowest BCUT2D eigenvalue weighted by molar-refractivity contribution is -0.123. The molecule has 134 valence electrons. The van der Waals surface area contributed by atoms with E-state index in [2.05, 4.69) is 10.6 Å². The first-order valence-corrected chi connectivity index (χ1v) is 7.70. The van der Waals surface area contributed by atoms with Crippen molar-refractivity contribution in [3.8, 4) is 11.5 Å². The van der Waals surface area contributed by atoms with Gasteiger partial charge in [-0.25, -0.2) is 4.79 Å². The van der Waals surface area contributed by atoms with Crippen LogP contribution in [0, 0.1) is 0 Å². The van der Waals surface area contributed by atoms with Gasteiger partial charge in [0.2, 0.25) is 5.91 Å². The van der Waals surface area contributed by atoms with E-state index in [0.29, 0.717) is 11.3 Å². The summed E-state index contributed by atoms with van der Waals surface area (Å²) in [7, 11) is 1.52. The first kappa shape index (κ1) is 19.6. The molecule has 0 aliphatic rings. The van der Waals surface area contributed by atoms with Crippen LogP contribution >= 0.6 is 0 Å². The molecule has 7 nitrogen and oxygen atoms in total. The van der Waals surface area contributed by atoms with E-state index in [9.17, 15) is 14.7 Å². The summed E-state index contributed by atoms with van der Waals surface area (Å²) in [5.74, 6) is 0.232. The van der Waals surface area contributed by atoms with Crippen molar-refractivity contribution in [3.63, 3.8) is 0 Å². The molecule has 7 heteroatoms. The summed E-state index contributed by atoms with van der Waals surface area (Å²) in [6.07, 6.45) is -0.665. The minimum Gasteiger partial charge on any atom is -0.508 e. The van der Waals surface area contributed by atoms with Gasteiger partial charge in [-0.05, 0) is 52.8 Å². The van der Waals surface area contributed by atoms with Gasteiger partial charge in [0, 0.05) is 5.56 Å². The average molecular weight is 338 g/mol. The minimum absolute atomic E-state index is 0.0522. The van der Waals surface area contributed by atoms with Gasteiger partial charge in [0.15, 0.2) is 0 Å². The van der Waals surface area contributed by atoms with Gasteiger partial charge in [0.05, 0.1) is 13.2 Å². The number of nitrogens with one attached hydrogen (secondary N) is 2. The fourth-order valence-corrected chi connectivity index (χ4v) is 1.97. The van der Waals surface area contributed by atoms with E-state index < -0.39 is 29.7 Å². The van der Waals surface area contributed by atoms with E-state index >= 15 is 0 Å². The fourth-order valence-electron chi connectivity index (χ4n) is 1.97. The Morgan fingerprint density at radius 1 is 1.17 bits per heavy atom. The summed E-state index contributed by atoms with van der Waals surface area (Å²) >= 11 is 0. The lowest BCUT2D eigenvalue weighted by Gasteiger charge is -2.23. The number of benzene rings is 1. The van der Waals surface area contributed by atoms with E-state index in [4.69, 9.17) is 9.47 Å². The highest BCUT2D eigenvalue weighted by Gasteiger charge is 2.23. The van der Waals surface area contributed by atoms with E-state index in [-0.39, 0.29) is 5.75 Å². The summed E-state index contributed by atoms with van der Waals surface area (Å²) in [4.78, 5) is 23.9. The summed E-state index contributed by atoms with van der Waals surface area (Å²) in [6, 6.07) is 3.52. The lowest BCUT2D eigenvalue weighted by atomic mass is 10.1. The lowest BCUT2D eigenvalue weighted by Crippen LogP contribution is -2.47. The Morgan fingerprint density at radius 2 is 1.79 bits per heavy atom. The third-order valence-electron chi connectivity index (χ3n) is 3.19. The summed E-state index contributed by atoms with van der Waals surface area (Å²) in [5.41, 5.74) is -0.118. The Morgan fingerprint density at radius 3 is 2.33 bits per heavy atom. The molecule has 0 aliphatic carbocycles. The third kappa shape index (κ3) is 5.98. The number of carbonyl (C=O) groups excluding carboxylic acids is 2. The minimum atomic E-state index is -0.782. The number of hydrogen-bond acceptors (Lipinski definition) is 5. The molecule has 0 radical (unpaired) electrons. The van der Waals surface area contributed by atoms with Crippen LogP contribution < -0.4 is 15.4 Å². The van der Waals surface area contributed by atoms with Gasteiger partial charge < -0.3 is 25.2 Å². The number of ether oxygens (including phenoxy) is 2. The van der Waals surface area contributed by atoms with Crippen LogP contribution in [-0.2, 0) is 9.53 Å². The van der Waals surface area contributed by atoms with Crippen molar-refractivity contribution in [2.75, 3.05) is 7.11 Å². The van der Waals surface area contributed by atoms with Gasteiger partial charge in [0.1, 0.15) is 23.1 Å². The first-order chi connectivity index (χ1) is 11.0. The largest absolute Gasteiger partial charge is 0.508 e. The van der Waals surface area contributed by atoms with E-state index in [0.717, 1.165) is 0 Å². The number of methoxy groups -OCH3 is 1. The number of phenols is 1. The standard InChI is InChI=1S/C17H26N2O5/c1-10(13-9-12(23-6)7-8-14(13)20)18-15(21)11(2)19-16(22)24-17(3,4)5/h7-11,20H,1-6H3,(H,18,21)(H,19,22)/t10?,11-/m1/s1. The topological polar surface area (TPSA) is 96.9 Å². The van der Waals surface area contributed by atoms with E-state index in [1.54, 1.807) is 46.8 Å². The summed E-state index contributed by atoms with van der Waals surface area (Å²) in [6.45, 7) is 8.50. The van der Waals surface area contributed by atoms with Gasteiger partial charge in [-0.15, -0.1) is 0 Å². The van der Waals surface area contributed by atoms with Crippen molar-refractivity contribution in [1.82, 2.24) is 10.6 Å². The maximum Gasteiger partial charge on any atom is 0.408 e. The van der Waals surface area contributed by atoms with Crippen LogP contribution in [0.15, 0.2) is 18.2 Å². The highest BCUT2D eigenvalue weighted by atomic mass is 16.6. The third-order valence-corrected chi connectivity index (χ3v) is 3.19. The predicted molar refractivity (Wildman–Crippen MR) is 90.0 cm³/mol. The fraction of sp³-hybridized carbons (Fsp3) is 0.529. The maximum atomic E-state index is 12.2. The Labute approximate surface area is 142 Å². The van der Waals surface area contributed by atoms with E-state index in [1.807, 2.05) is 0 Å². The molecule has 0 aromatic heterocycles. The maximum absolute atomic E-state index is 12.2. The molecule has 1 aromatic rings. The molecule has 2 amide bonds. The summed E-state index contributed by atoms with van der Waals surface area (Å²) < 4.78 is 10.2. The second-order valence-corrected chi connectivity index (χ2v) is 6.52. The van der Waals surface area contributed by atoms with Crippen LogP contribution in [-0.4, -0.2) is 35.9 Å². The zero-order chi connectivity index (χ0) is 18.5. The second kappa shape index (κ2) is 7.90. The Balaban J connectivity index is 2.68. The monoisotopic (exact) mass is 338 g/mol. The van der Waals surface area contributed by atoms with Crippen LogP contribution in [0.4, 0.5) is 4.79 Å². The molecular weight excluding hydrogens is 312 g/mol. The first-order valence-electron chi connectivity index (χ1n) is 7.70. The van der Waals surface area contributed by atoms with Crippen LogP contribution in [0.1, 0.15) is 46.2 Å². The van der Waals surface area contributed by atoms with Gasteiger partial charge in [0.25, 0.3) is 0 Å². The predicted octanol–water partition coefficient (Wildman–Crippen LogP) is 2.49. The molecule has 0 heterocycles. The molecule has 1 unspecified atom stereocenters. The molecule has 0 spiro atoms. The van der Waals surface area contributed by atoms with Crippen molar-refractivity contribution in [1.29, 1.82) is 0 Å². The average Bonchev–Trinajstić information content (AvgIpc) is 2.45. The molecule has 1 aromatic carbocycles. The molecule has 0 saturated carbocycles. The molecule has 3 N–H and O–H groups in total. The molecule has 2 atom stereocenters. The van der Waals surface area contributed by atoms with Gasteiger partial charge >= 0.3 is 6.09 Å². The van der Waals surface area contributed by atoms with Crippen LogP contribution in [0.3, 0.4) is 0 Å². The number of hydrogen-bond donors (Lipinski definition) is 3. The molecule has 0 aliphatic heterocycles. The highest BCUT2D eigenvalue weighted by molar-refractivity contribution is 5.85. The van der Waals surface area contributed by atoms with Crippen molar-refractivity contribution in [2.24, 2.45) is 0 Å². The van der Waals surface area contributed by atoms with Crippen molar-refractivity contribution in [3.05, 3.63) is 23.8 Å². The van der Waals surface area contributed by atoms with Crippen molar-refractivity contribution < 1.29 is 24.2 Å². The number of amides is 2. The van der Waals surface area contributed by atoms with Crippen LogP contribution in [0.5, 0.6) is 11.5 Å². The number of alkyl carbamates (subject to hydrolysis) is 1. The Kier molecular flexibility index (Phi) is 6.45. The second-order valence-electron chi connectivity index (χ2n) is 6.52. The zero-order valence-corrected chi connectivity index (χ0v) is 15.0. The molecular formula is C17H26N2O5. The SMILES string of the molecule is COc1ccc(O)c(C(C)NC(=O)[C@@H](C)NC(=O)OC(C)(C)C)c1. The molecule has 0 bridgehead atoms. The van der Waals surface area contributed by atoms with Crippen LogP contribution in [0.25, 0.3) is 0 Å². The number of phenolic OH excluding ortho intramolecular Hbond substituents is 1. The molecule has 0 saturated heterocycles. The zero-order valence-electron chi connectivity index (χ0n) is 15.0. The van der Waals surface area contributed by atoms with Crippen molar-refractivity contribution in [2.45, 2.75) is 52.3 Å². The van der Waals surface area contributed by atoms with Gasteiger partial charge in [-0.2, -0.15) is 0 Å². The molecule has 24 heavy (non-hydrogen) atoms. The van der Waals surface area contributed by atoms with Gasteiger partial charge in [-0.1, -0.05) is 0 Å². The normalized spacial score (nSPS) is 13.6.